The van der Waals surface area contributed by atoms with Gasteiger partial charge >= 0.3 is 0 Å². The van der Waals surface area contributed by atoms with Crippen molar-refractivity contribution < 1.29 is 0 Å². The summed E-state index contributed by atoms with van der Waals surface area (Å²) in [6.45, 7) is 6.96. The number of unbranched alkanes of at least 4 members (excludes halogenated alkanes) is 1. The average molecular weight is 81.1 g/mol. The number of hydrogen-bond donors (Lipinski definition) is 0. The van der Waals surface area contributed by atoms with Crippen LogP contribution in [0.25, 0.3) is 0 Å². The van der Waals surface area contributed by atoms with Crippen LogP contribution in [0, 0.1) is 6.08 Å². The molecule has 0 aromatic rings. The normalized spacial score (nSPS) is 7.33. The van der Waals surface area contributed by atoms with Crippen LogP contribution in [-0.2, 0) is 0 Å². The second-order valence-electron chi connectivity index (χ2n) is 1.08. The predicted octanol–water partition coefficient (Wildman–Crippen LogP) is 1.94. The fourth-order valence-electron chi connectivity index (χ4n) is 0.204. The lowest BCUT2D eigenvalue weighted by molar-refractivity contribution is 1.03. The van der Waals surface area contributed by atoms with E-state index in [4.69, 9.17) is 0 Å². The quantitative estimate of drug-likeness (QED) is 0.360. The molecule has 0 heterocycles. The summed E-state index contributed by atoms with van der Waals surface area (Å²) in [5.41, 5.74) is 0. The molecule has 0 spiro atoms. The van der Waals surface area contributed by atoms with Crippen molar-refractivity contribution in [3.63, 3.8) is 0 Å². The largest absolute Gasteiger partial charge is 0.103 e. The van der Waals surface area contributed by atoms with E-state index in [-0.39, 0.29) is 0 Å². The molecule has 0 heteroatoms. The van der Waals surface area contributed by atoms with Crippen LogP contribution in [0.4, 0.5) is 0 Å². The summed E-state index contributed by atoms with van der Waals surface area (Å²) < 4.78 is 0. The van der Waals surface area contributed by atoms with Crippen LogP contribution in [0.1, 0.15) is 12.8 Å². The highest BCUT2D eigenvalue weighted by atomic mass is 13.7. The van der Waals surface area contributed by atoms with Gasteiger partial charge in [-0.05, 0) is 12.8 Å². The molecule has 0 aromatic carbocycles. The first kappa shape index (κ1) is 5.48. The van der Waals surface area contributed by atoms with E-state index < -0.39 is 0 Å². The highest BCUT2D eigenvalue weighted by Gasteiger charge is 1.66. The Morgan fingerprint density at radius 2 is 2.33 bits per heavy atom. The van der Waals surface area contributed by atoms with Crippen molar-refractivity contribution >= 4 is 0 Å². The van der Waals surface area contributed by atoms with Crippen molar-refractivity contribution in [3.05, 3.63) is 25.3 Å². The van der Waals surface area contributed by atoms with Gasteiger partial charge in [-0.2, -0.15) is 0 Å². The number of rotatable bonds is 3. The first-order chi connectivity index (χ1) is 2.91. The number of allylic oxidation sites excluding steroid dienone is 2. The second kappa shape index (κ2) is 4.48. The Bertz CT molecular complexity index is 36.0. The summed E-state index contributed by atoms with van der Waals surface area (Å²) >= 11 is 0. The van der Waals surface area contributed by atoms with Crippen LogP contribution in [0.15, 0.2) is 19.2 Å². The minimum absolute atomic E-state index is 0.934. The lowest BCUT2D eigenvalue weighted by Gasteiger charge is -1.75. The Labute approximate surface area is 39.2 Å². The smallest absolute Gasteiger partial charge is 0.0248 e. The van der Waals surface area contributed by atoms with Gasteiger partial charge < -0.3 is 0 Å². The SMILES string of the molecule is C=[C]CCC=C. The zero-order chi connectivity index (χ0) is 4.83. The third kappa shape index (κ3) is 3.48. The van der Waals surface area contributed by atoms with E-state index in [0.29, 0.717) is 0 Å². The summed E-state index contributed by atoms with van der Waals surface area (Å²) in [7, 11) is 0. The van der Waals surface area contributed by atoms with Crippen molar-refractivity contribution in [2.24, 2.45) is 0 Å². The first-order valence-corrected chi connectivity index (χ1v) is 2.02. The van der Waals surface area contributed by atoms with E-state index in [2.05, 4.69) is 19.2 Å². The summed E-state index contributed by atoms with van der Waals surface area (Å²) in [5, 5.41) is 0. The Morgan fingerprint density at radius 3 is 2.50 bits per heavy atom. The first-order valence-electron chi connectivity index (χ1n) is 2.02. The van der Waals surface area contributed by atoms with E-state index in [9.17, 15) is 0 Å². The molecule has 0 N–H and O–H groups in total. The molecule has 0 aliphatic heterocycles. The topological polar surface area (TPSA) is 0 Å². The Kier molecular flexibility index (Phi) is 4.09. The minimum atomic E-state index is 0.934. The molecular weight excluding hydrogens is 72.1 g/mol. The molecule has 0 unspecified atom stereocenters. The van der Waals surface area contributed by atoms with Crippen LogP contribution in [-0.4, -0.2) is 0 Å². The molecule has 0 aliphatic carbocycles. The summed E-state index contributed by atoms with van der Waals surface area (Å²) in [4.78, 5) is 0. The maximum Gasteiger partial charge on any atom is -0.0248 e. The highest BCUT2D eigenvalue weighted by Crippen LogP contribution is 1.85. The van der Waals surface area contributed by atoms with Crippen molar-refractivity contribution in [2.75, 3.05) is 0 Å². The molecule has 6 heavy (non-hydrogen) atoms. The molecule has 0 fully saturated rings. The van der Waals surface area contributed by atoms with Gasteiger partial charge in [0, 0.05) is 0 Å². The maximum atomic E-state index is 3.53. The van der Waals surface area contributed by atoms with Crippen LogP contribution in [0.3, 0.4) is 0 Å². The van der Waals surface area contributed by atoms with Gasteiger partial charge in [-0.15, -0.1) is 6.58 Å². The van der Waals surface area contributed by atoms with Crippen molar-refractivity contribution in [3.8, 4) is 0 Å². The molecule has 1 radical (unpaired) electrons. The standard InChI is InChI=1S/C6H9/c1-3-5-6-4-2/h3H,1-2,5-6H2. The van der Waals surface area contributed by atoms with Gasteiger partial charge in [-0.1, -0.05) is 18.7 Å². The zero-order valence-corrected chi connectivity index (χ0v) is 3.91. The molecular formula is C6H9. The monoisotopic (exact) mass is 81.1 g/mol. The average Bonchev–Trinajstić information content (AvgIpc) is 1.61. The molecule has 0 saturated carbocycles. The molecule has 0 saturated heterocycles. The van der Waals surface area contributed by atoms with Crippen LogP contribution >= 0.6 is 0 Å². The fourth-order valence-corrected chi connectivity index (χ4v) is 0.204. The van der Waals surface area contributed by atoms with Crippen molar-refractivity contribution in [1.29, 1.82) is 0 Å². The Hall–Kier alpha value is -0.520. The van der Waals surface area contributed by atoms with Crippen molar-refractivity contribution in [2.45, 2.75) is 12.8 Å². The molecule has 0 aromatic heterocycles. The summed E-state index contributed by atoms with van der Waals surface area (Å²) in [6.07, 6.45) is 6.54. The molecule has 0 amide bonds. The van der Waals surface area contributed by atoms with Gasteiger partial charge in [-0.3, -0.25) is 0 Å². The Balaban J connectivity index is 2.66. The van der Waals surface area contributed by atoms with Gasteiger partial charge in [0.1, 0.15) is 0 Å². The molecule has 0 rings (SSSR count). The van der Waals surface area contributed by atoms with E-state index >= 15 is 0 Å². The second-order valence-corrected chi connectivity index (χ2v) is 1.08. The maximum absolute atomic E-state index is 3.53. The number of hydrogen-bond acceptors (Lipinski definition) is 0. The third-order valence-electron chi connectivity index (χ3n) is 0.525. The van der Waals surface area contributed by atoms with Crippen LogP contribution in [0.2, 0.25) is 0 Å². The van der Waals surface area contributed by atoms with E-state index in [1.165, 1.54) is 0 Å². The van der Waals surface area contributed by atoms with Gasteiger partial charge in [0.15, 0.2) is 0 Å². The highest BCUT2D eigenvalue weighted by molar-refractivity contribution is 4.69. The molecule has 0 aliphatic rings. The van der Waals surface area contributed by atoms with E-state index in [1.54, 1.807) is 0 Å². The fraction of sp³-hybridized carbons (Fsp3) is 0.333. The van der Waals surface area contributed by atoms with E-state index in [0.717, 1.165) is 12.8 Å². The van der Waals surface area contributed by atoms with Gasteiger partial charge in [0.05, 0.1) is 0 Å². The van der Waals surface area contributed by atoms with Gasteiger partial charge in [0.25, 0.3) is 0 Å². The predicted molar refractivity (Wildman–Crippen MR) is 28.3 cm³/mol. The van der Waals surface area contributed by atoms with Crippen LogP contribution < -0.4 is 0 Å². The van der Waals surface area contributed by atoms with Gasteiger partial charge in [-0.25, -0.2) is 0 Å². The molecule has 0 nitrogen and oxygen atoms in total. The minimum Gasteiger partial charge on any atom is -0.103 e. The summed E-state index contributed by atoms with van der Waals surface area (Å²) in [6, 6.07) is 0. The molecule has 0 atom stereocenters. The third-order valence-corrected chi connectivity index (χ3v) is 0.525. The summed E-state index contributed by atoms with van der Waals surface area (Å²) in [5.74, 6) is 0. The molecule has 33 valence electrons. The van der Waals surface area contributed by atoms with Crippen molar-refractivity contribution in [1.82, 2.24) is 0 Å². The Morgan fingerprint density at radius 1 is 1.67 bits per heavy atom. The van der Waals surface area contributed by atoms with Crippen LogP contribution in [0.5, 0.6) is 0 Å². The zero-order valence-electron chi connectivity index (χ0n) is 3.91. The molecule has 0 bridgehead atoms. The lowest BCUT2D eigenvalue weighted by atomic mass is 10.3. The lowest BCUT2D eigenvalue weighted by Crippen LogP contribution is -1.57. The van der Waals surface area contributed by atoms with E-state index in [1.807, 2.05) is 6.08 Å². The van der Waals surface area contributed by atoms with Gasteiger partial charge in [0.2, 0.25) is 0 Å².